The summed E-state index contributed by atoms with van der Waals surface area (Å²) in [6, 6.07) is -0.894. The van der Waals surface area contributed by atoms with Crippen LogP contribution in [0.25, 0.3) is 0 Å². The molecular formula is C7H15NO3S. The second kappa shape index (κ2) is 4.69. The summed E-state index contributed by atoms with van der Waals surface area (Å²) >= 11 is 1.36. The summed E-state index contributed by atoms with van der Waals surface area (Å²) in [4.78, 5) is 10.5. The highest BCUT2D eigenvalue weighted by molar-refractivity contribution is 8.00. The van der Waals surface area contributed by atoms with E-state index in [1.807, 2.05) is 0 Å². The van der Waals surface area contributed by atoms with Crippen LogP contribution in [0.1, 0.15) is 13.8 Å². The highest BCUT2D eigenvalue weighted by atomic mass is 32.2. The number of thioether (sulfide) groups is 1. The Hall–Kier alpha value is -0.260. The van der Waals surface area contributed by atoms with Crippen LogP contribution in [0.2, 0.25) is 0 Å². The van der Waals surface area contributed by atoms with Crippen molar-refractivity contribution in [2.75, 3.05) is 12.4 Å². The average Bonchev–Trinajstić information content (AvgIpc) is 1.99. The van der Waals surface area contributed by atoms with Gasteiger partial charge >= 0.3 is 5.97 Å². The minimum atomic E-state index is -1.01. The molecule has 0 heterocycles. The fourth-order valence-corrected chi connectivity index (χ4v) is 1.59. The van der Waals surface area contributed by atoms with Gasteiger partial charge in [0.25, 0.3) is 0 Å². The molecule has 0 rings (SSSR count). The number of aliphatic hydroxyl groups excluding tert-OH is 1. The maximum atomic E-state index is 10.5. The largest absolute Gasteiger partial charge is 0.480 e. The molecule has 0 aromatic carbocycles. The molecule has 0 radical (unpaired) electrons. The fourth-order valence-electron chi connectivity index (χ4n) is 0.696. The first-order chi connectivity index (χ1) is 5.41. The van der Waals surface area contributed by atoms with Gasteiger partial charge in [0.15, 0.2) is 0 Å². The molecule has 0 saturated heterocycles. The van der Waals surface area contributed by atoms with Crippen LogP contribution >= 0.6 is 11.8 Å². The van der Waals surface area contributed by atoms with Crippen molar-refractivity contribution in [3.63, 3.8) is 0 Å². The predicted molar refractivity (Wildman–Crippen MR) is 49.2 cm³/mol. The van der Waals surface area contributed by atoms with Crippen LogP contribution < -0.4 is 5.73 Å². The Bertz CT molecular complexity index is 161. The fraction of sp³-hybridized carbons (Fsp3) is 0.857. The normalized spacial score (nSPS) is 14.3. The van der Waals surface area contributed by atoms with Crippen molar-refractivity contribution in [3.05, 3.63) is 0 Å². The SMILES string of the molecule is CC(C)(SCCO)[C@@H](N)C(=O)O. The van der Waals surface area contributed by atoms with Gasteiger partial charge in [-0.1, -0.05) is 0 Å². The van der Waals surface area contributed by atoms with E-state index in [9.17, 15) is 4.79 Å². The van der Waals surface area contributed by atoms with Crippen LogP contribution in [0.15, 0.2) is 0 Å². The number of aliphatic hydroxyl groups is 1. The van der Waals surface area contributed by atoms with E-state index in [1.54, 1.807) is 13.8 Å². The highest BCUT2D eigenvalue weighted by Gasteiger charge is 2.31. The van der Waals surface area contributed by atoms with E-state index in [4.69, 9.17) is 15.9 Å². The number of hydrogen-bond donors (Lipinski definition) is 3. The Balaban J connectivity index is 4.08. The van der Waals surface area contributed by atoms with E-state index in [2.05, 4.69) is 0 Å². The van der Waals surface area contributed by atoms with E-state index in [0.717, 1.165) is 0 Å². The van der Waals surface area contributed by atoms with Crippen molar-refractivity contribution in [3.8, 4) is 0 Å². The Morgan fingerprint density at radius 3 is 2.50 bits per heavy atom. The lowest BCUT2D eigenvalue weighted by molar-refractivity contribution is -0.139. The van der Waals surface area contributed by atoms with Gasteiger partial charge in [0.2, 0.25) is 0 Å². The number of nitrogens with two attached hydrogens (primary N) is 1. The van der Waals surface area contributed by atoms with E-state index in [1.165, 1.54) is 11.8 Å². The second-order valence-electron chi connectivity index (χ2n) is 2.99. The number of rotatable bonds is 5. The third-order valence-electron chi connectivity index (χ3n) is 1.58. The molecule has 72 valence electrons. The quantitative estimate of drug-likeness (QED) is 0.568. The van der Waals surface area contributed by atoms with Gasteiger partial charge in [0.1, 0.15) is 6.04 Å². The van der Waals surface area contributed by atoms with Crippen LogP contribution in [0, 0.1) is 0 Å². The number of aliphatic carboxylic acids is 1. The third-order valence-corrected chi connectivity index (χ3v) is 2.97. The van der Waals surface area contributed by atoms with Crippen LogP contribution in [0.5, 0.6) is 0 Å². The summed E-state index contributed by atoms with van der Waals surface area (Å²) in [5, 5.41) is 17.2. The zero-order valence-electron chi connectivity index (χ0n) is 7.28. The van der Waals surface area contributed by atoms with Crippen LogP contribution in [0.4, 0.5) is 0 Å². The van der Waals surface area contributed by atoms with Gasteiger partial charge in [-0.05, 0) is 13.8 Å². The van der Waals surface area contributed by atoms with Crippen molar-refractivity contribution in [1.82, 2.24) is 0 Å². The summed E-state index contributed by atoms with van der Waals surface area (Å²) in [7, 11) is 0. The molecule has 0 fully saturated rings. The molecule has 4 nitrogen and oxygen atoms in total. The molecule has 0 bridgehead atoms. The Morgan fingerprint density at radius 1 is 1.67 bits per heavy atom. The first-order valence-corrected chi connectivity index (χ1v) is 4.63. The molecule has 0 aromatic rings. The number of carbonyl (C=O) groups is 1. The molecule has 0 amide bonds. The maximum absolute atomic E-state index is 10.5. The lowest BCUT2D eigenvalue weighted by Crippen LogP contribution is -2.47. The lowest BCUT2D eigenvalue weighted by atomic mass is 10.1. The lowest BCUT2D eigenvalue weighted by Gasteiger charge is -2.27. The van der Waals surface area contributed by atoms with Crippen molar-refractivity contribution in [1.29, 1.82) is 0 Å². The summed E-state index contributed by atoms with van der Waals surface area (Å²) < 4.78 is -0.533. The average molecular weight is 193 g/mol. The zero-order valence-corrected chi connectivity index (χ0v) is 8.10. The first kappa shape index (κ1) is 11.7. The molecular weight excluding hydrogens is 178 g/mol. The maximum Gasteiger partial charge on any atom is 0.321 e. The van der Waals surface area contributed by atoms with Gasteiger partial charge in [-0.3, -0.25) is 4.79 Å². The Morgan fingerprint density at radius 2 is 2.17 bits per heavy atom. The molecule has 4 N–H and O–H groups in total. The standard InChI is InChI=1S/C7H15NO3S/c1-7(2,12-4-3-9)5(8)6(10)11/h5,9H,3-4,8H2,1-2H3,(H,10,11)/t5-/m0/s1. The van der Waals surface area contributed by atoms with Gasteiger partial charge in [-0.2, -0.15) is 11.8 Å². The zero-order chi connectivity index (χ0) is 9.78. The predicted octanol–water partition coefficient (Wildman–Crippen LogP) is -0.0976. The topological polar surface area (TPSA) is 83.5 Å². The van der Waals surface area contributed by atoms with E-state index >= 15 is 0 Å². The number of hydrogen-bond acceptors (Lipinski definition) is 4. The Kier molecular flexibility index (Phi) is 4.59. The molecule has 0 aliphatic rings. The smallest absolute Gasteiger partial charge is 0.321 e. The van der Waals surface area contributed by atoms with Gasteiger partial charge in [-0.25, -0.2) is 0 Å². The summed E-state index contributed by atoms with van der Waals surface area (Å²) in [5.74, 6) is -0.501. The molecule has 1 atom stereocenters. The van der Waals surface area contributed by atoms with Gasteiger partial charge in [0, 0.05) is 10.5 Å². The highest BCUT2D eigenvalue weighted by Crippen LogP contribution is 2.26. The minimum Gasteiger partial charge on any atom is -0.480 e. The van der Waals surface area contributed by atoms with E-state index in [-0.39, 0.29) is 6.61 Å². The van der Waals surface area contributed by atoms with E-state index < -0.39 is 16.8 Å². The van der Waals surface area contributed by atoms with Crippen LogP contribution in [-0.2, 0) is 4.79 Å². The van der Waals surface area contributed by atoms with Crippen molar-refractivity contribution < 1.29 is 15.0 Å². The second-order valence-corrected chi connectivity index (χ2v) is 4.74. The molecule has 0 spiro atoms. The molecule has 0 aliphatic carbocycles. The molecule has 0 unspecified atom stereocenters. The van der Waals surface area contributed by atoms with Gasteiger partial charge in [0.05, 0.1) is 6.61 Å². The van der Waals surface area contributed by atoms with Gasteiger partial charge in [-0.15, -0.1) is 0 Å². The molecule has 5 heteroatoms. The monoisotopic (exact) mass is 193 g/mol. The van der Waals surface area contributed by atoms with Crippen molar-refractivity contribution in [2.24, 2.45) is 5.73 Å². The first-order valence-electron chi connectivity index (χ1n) is 3.65. The summed E-state index contributed by atoms with van der Waals surface area (Å²) in [5.41, 5.74) is 5.43. The molecule has 0 saturated carbocycles. The minimum absolute atomic E-state index is 0.0421. The van der Waals surface area contributed by atoms with E-state index in [0.29, 0.717) is 5.75 Å². The summed E-state index contributed by atoms with van der Waals surface area (Å²) in [6.07, 6.45) is 0. The third kappa shape index (κ3) is 3.42. The number of carboxylic acid groups (broad SMARTS) is 1. The van der Waals surface area contributed by atoms with Crippen molar-refractivity contribution in [2.45, 2.75) is 24.6 Å². The Labute approximate surface area is 76.1 Å². The number of carboxylic acids is 1. The molecule has 0 aromatic heterocycles. The summed E-state index contributed by atoms with van der Waals surface area (Å²) in [6.45, 7) is 3.55. The van der Waals surface area contributed by atoms with Crippen LogP contribution in [-0.4, -0.2) is 39.3 Å². The van der Waals surface area contributed by atoms with Crippen molar-refractivity contribution >= 4 is 17.7 Å². The van der Waals surface area contributed by atoms with Crippen LogP contribution in [0.3, 0.4) is 0 Å². The molecule has 12 heavy (non-hydrogen) atoms. The molecule has 0 aliphatic heterocycles. The van der Waals surface area contributed by atoms with Gasteiger partial charge < -0.3 is 15.9 Å².